The molecule has 1 saturated heterocycles. The number of hydrogen-bond donors (Lipinski definition) is 2. The normalized spacial score (nSPS) is 14.2. The van der Waals surface area contributed by atoms with Crippen molar-refractivity contribution in [1.82, 2.24) is 14.5 Å². The fourth-order valence-electron chi connectivity index (χ4n) is 3.69. The number of benzene rings is 1. The van der Waals surface area contributed by atoms with Gasteiger partial charge in [-0.1, -0.05) is 6.92 Å². The van der Waals surface area contributed by atoms with Gasteiger partial charge in [0.1, 0.15) is 0 Å². The Morgan fingerprint density at radius 1 is 1.04 bits per heavy atom. The van der Waals surface area contributed by atoms with Crippen LogP contribution in [0.5, 0.6) is 0 Å². The molecule has 1 aliphatic heterocycles. The van der Waals surface area contributed by atoms with Crippen molar-refractivity contribution in [3.8, 4) is 0 Å². The Balaban J connectivity index is 2.11. The van der Waals surface area contributed by atoms with E-state index in [1.807, 2.05) is 26.8 Å². The van der Waals surface area contributed by atoms with Crippen molar-refractivity contribution < 1.29 is 4.79 Å². The van der Waals surface area contributed by atoms with Gasteiger partial charge < -0.3 is 15.5 Å². The largest absolute Gasteiger partial charge is 0.370 e. The lowest BCUT2D eigenvalue weighted by atomic mass is 10.2. The third-order valence-corrected chi connectivity index (χ3v) is 5.00. The number of urea groups is 1. The van der Waals surface area contributed by atoms with Crippen molar-refractivity contribution in [2.75, 3.05) is 29.9 Å². The number of hydrogen-bond acceptors (Lipinski definition) is 3. The molecule has 2 heterocycles. The maximum absolute atomic E-state index is 12.7. The van der Waals surface area contributed by atoms with E-state index in [9.17, 15) is 9.59 Å². The zero-order valence-electron chi connectivity index (χ0n) is 16.0. The van der Waals surface area contributed by atoms with Gasteiger partial charge in [-0.05, 0) is 45.2 Å². The molecule has 1 aromatic carbocycles. The summed E-state index contributed by atoms with van der Waals surface area (Å²) in [5.41, 5.74) is 3.57. The molecule has 2 aromatic rings. The van der Waals surface area contributed by atoms with E-state index in [4.69, 9.17) is 0 Å². The van der Waals surface area contributed by atoms with Crippen LogP contribution in [0.1, 0.15) is 40.0 Å². The summed E-state index contributed by atoms with van der Waals surface area (Å²) in [7, 11) is 0. The number of nitrogens with one attached hydrogen (secondary N) is 2. The van der Waals surface area contributed by atoms with Crippen LogP contribution in [-0.2, 0) is 13.1 Å². The molecule has 0 bridgehead atoms. The number of amides is 2. The molecule has 26 heavy (non-hydrogen) atoms. The minimum absolute atomic E-state index is 0.00459. The second kappa shape index (κ2) is 7.85. The van der Waals surface area contributed by atoms with Gasteiger partial charge in [-0.2, -0.15) is 0 Å². The predicted octanol–water partition coefficient (Wildman–Crippen LogP) is 2.97. The Labute approximate surface area is 154 Å². The van der Waals surface area contributed by atoms with Gasteiger partial charge in [0, 0.05) is 32.7 Å². The standard InChI is InChI=1S/C19H29N5O2/c1-4-9-20-18(25)21-14-12-16-17(13-15(14)22-10-7-8-11-22)24(6-3)19(26)23(16)5-2/h12-13H,4-11H2,1-3H3,(H2,20,21,25). The van der Waals surface area contributed by atoms with Crippen LogP contribution in [0.15, 0.2) is 16.9 Å². The van der Waals surface area contributed by atoms with Gasteiger partial charge in [-0.25, -0.2) is 9.59 Å². The van der Waals surface area contributed by atoms with Crippen molar-refractivity contribution in [2.45, 2.75) is 53.1 Å². The van der Waals surface area contributed by atoms with E-state index in [-0.39, 0.29) is 11.7 Å². The van der Waals surface area contributed by atoms with Crippen molar-refractivity contribution in [3.63, 3.8) is 0 Å². The van der Waals surface area contributed by atoms with E-state index in [0.29, 0.717) is 19.6 Å². The van der Waals surface area contributed by atoms with Crippen LogP contribution in [0, 0.1) is 0 Å². The molecule has 0 radical (unpaired) electrons. The molecule has 7 heteroatoms. The molecule has 1 aliphatic rings. The molecule has 3 rings (SSSR count). The summed E-state index contributed by atoms with van der Waals surface area (Å²) in [5, 5.41) is 5.86. The summed E-state index contributed by atoms with van der Waals surface area (Å²) in [6.07, 6.45) is 3.19. The lowest BCUT2D eigenvalue weighted by Gasteiger charge is -2.22. The first kappa shape index (κ1) is 18.4. The Kier molecular flexibility index (Phi) is 5.54. The zero-order valence-corrected chi connectivity index (χ0v) is 16.0. The Hall–Kier alpha value is -2.44. The molecule has 7 nitrogen and oxygen atoms in total. The molecular weight excluding hydrogens is 330 g/mol. The molecule has 1 aromatic heterocycles. The van der Waals surface area contributed by atoms with E-state index in [1.165, 1.54) is 0 Å². The lowest BCUT2D eigenvalue weighted by molar-refractivity contribution is 0.252. The van der Waals surface area contributed by atoms with Crippen molar-refractivity contribution >= 4 is 28.4 Å². The number of imidazole rings is 1. The summed E-state index contributed by atoms with van der Waals surface area (Å²) in [4.78, 5) is 27.2. The smallest absolute Gasteiger partial charge is 0.329 e. The quantitative estimate of drug-likeness (QED) is 0.833. The van der Waals surface area contributed by atoms with Crippen LogP contribution in [0.25, 0.3) is 11.0 Å². The topological polar surface area (TPSA) is 71.3 Å². The van der Waals surface area contributed by atoms with E-state index in [0.717, 1.165) is 54.8 Å². The van der Waals surface area contributed by atoms with Crippen molar-refractivity contribution in [3.05, 3.63) is 22.6 Å². The first-order valence-corrected chi connectivity index (χ1v) is 9.67. The first-order valence-electron chi connectivity index (χ1n) is 9.67. The molecule has 142 valence electrons. The molecule has 0 aliphatic carbocycles. The second-order valence-corrected chi connectivity index (χ2v) is 6.70. The average molecular weight is 359 g/mol. The predicted molar refractivity (Wildman–Crippen MR) is 106 cm³/mol. The minimum Gasteiger partial charge on any atom is -0.370 e. The van der Waals surface area contributed by atoms with Crippen LogP contribution >= 0.6 is 0 Å². The van der Waals surface area contributed by atoms with Crippen LogP contribution in [0.3, 0.4) is 0 Å². The fourth-order valence-corrected chi connectivity index (χ4v) is 3.69. The molecule has 0 atom stereocenters. The molecule has 2 N–H and O–H groups in total. The van der Waals surface area contributed by atoms with Crippen molar-refractivity contribution in [1.29, 1.82) is 0 Å². The number of carbonyl (C=O) groups is 1. The lowest BCUT2D eigenvalue weighted by Crippen LogP contribution is -2.30. The Morgan fingerprint density at radius 3 is 2.23 bits per heavy atom. The number of anilines is 2. The number of rotatable bonds is 6. The SMILES string of the molecule is CCCNC(=O)Nc1cc2c(cc1N1CCCC1)n(CC)c(=O)n2CC. The second-order valence-electron chi connectivity index (χ2n) is 6.70. The summed E-state index contributed by atoms with van der Waals surface area (Å²) in [5.74, 6) is 0. The van der Waals surface area contributed by atoms with Crippen LogP contribution in [-0.4, -0.2) is 34.8 Å². The van der Waals surface area contributed by atoms with E-state index in [2.05, 4.69) is 21.6 Å². The summed E-state index contributed by atoms with van der Waals surface area (Å²) in [6.45, 7) is 9.80. The number of aromatic nitrogens is 2. The molecular formula is C19H29N5O2. The number of carbonyl (C=O) groups excluding carboxylic acids is 1. The molecule has 1 fully saturated rings. The number of fused-ring (bicyclic) bond motifs is 1. The molecule has 0 saturated carbocycles. The van der Waals surface area contributed by atoms with Gasteiger partial charge in [0.15, 0.2) is 0 Å². The van der Waals surface area contributed by atoms with Crippen molar-refractivity contribution in [2.24, 2.45) is 0 Å². The summed E-state index contributed by atoms with van der Waals surface area (Å²) < 4.78 is 3.57. The summed E-state index contributed by atoms with van der Waals surface area (Å²) in [6, 6.07) is 3.81. The maximum Gasteiger partial charge on any atom is 0.329 e. The highest BCUT2D eigenvalue weighted by Crippen LogP contribution is 2.33. The van der Waals surface area contributed by atoms with Gasteiger partial charge in [0.25, 0.3) is 0 Å². The van der Waals surface area contributed by atoms with Gasteiger partial charge in [0.2, 0.25) is 0 Å². The van der Waals surface area contributed by atoms with Crippen LogP contribution in [0.2, 0.25) is 0 Å². The highest BCUT2D eigenvalue weighted by Gasteiger charge is 2.21. The highest BCUT2D eigenvalue weighted by atomic mass is 16.2. The van der Waals surface area contributed by atoms with Gasteiger partial charge in [-0.3, -0.25) is 9.13 Å². The molecule has 0 spiro atoms. The number of nitrogens with zero attached hydrogens (tertiary/aromatic N) is 3. The Bertz CT molecular complexity index is 846. The molecule has 2 amide bonds. The minimum atomic E-state index is -0.202. The van der Waals surface area contributed by atoms with E-state index < -0.39 is 0 Å². The van der Waals surface area contributed by atoms with E-state index >= 15 is 0 Å². The third-order valence-electron chi connectivity index (χ3n) is 5.00. The maximum atomic E-state index is 12.7. The van der Waals surface area contributed by atoms with Crippen LogP contribution in [0.4, 0.5) is 16.2 Å². The third kappa shape index (κ3) is 3.30. The summed E-state index contributed by atoms with van der Waals surface area (Å²) >= 11 is 0. The highest BCUT2D eigenvalue weighted by molar-refractivity contribution is 5.98. The molecule has 0 unspecified atom stereocenters. The average Bonchev–Trinajstić information content (AvgIpc) is 3.24. The zero-order chi connectivity index (χ0) is 18.7. The Morgan fingerprint density at radius 2 is 1.65 bits per heavy atom. The van der Waals surface area contributed by atoms with Crippen LogP contribution < -0.4 is 21.2 Å². The van der Waals surface area contributed by atoms with E-state index in [1.54, 1.807) is 9.13 Å². The fraction of sp³-hybridized carbons (Fsp3) is 0.579. The van der Waals surface area contributed by atoms with Gasteiger partial charge in [-0.15, -0.1) is 0 Å². The number of aryl methyl sites for hydroxylation is 2. The first-order chi connectivity index (χ1) is 12.6. The van der Waals surface area contributed by atoms with Gasteiger partial charge in [0.05, 0.1) is 22.4 Å². The van der Waals surface area contributed by atoms with Gasteiger partial charge >= 0.3 is 11.7 Å². The monoisotopic (exact) mass is 359 g/mol.